The summed E-state index contributed by atoms with van der Waals surface area (Å²) >= 11 is 1.54. The van der Waals surface area contributed by atoms with Crippen LogP contribution in [-0.4, -0.2) is 13.4 Å². The van der Waals surface area contributed by atoms with Gasteiger partial charge < -0.3 is 0 Å². The molecule has 1 heterocycles. The summed E-state index contributed by atoms with van der Waals surface area (Å²) in [7, 11) is -3.74. The Bertz CT molecular complexity index is 635. The van der Waals surface area contributed by atoms with Gasteiger partial charge in [0.1, 0.15) is 0 Å². The van der Waals surface area contributed by atoms with Crippen LogP contribution < -0.4 is 9.86 Å². The lowest BCUT2D eigenvalue weighted by Crippen LogP contribution is -2.21. The van der Waals surface area contributed by atoms with Gasteiger partial charge in [-0.15, -0.1) is 11.3 Å². The van der Waals surface area contributed by atoms with Crippen LogP contribution in [-0.2, 0) is 10.2 Å². The lowest BCUT2D eigenvalue weighted by atomic mass is 10.1. The average Bonchev–Trinajstić information content (AvgIpc) is 2.63. The van der Waals surface area contributed by atoms with Crippen molar-refractivity contribution in [2.24, 2.45) is 5.14 Å². The van der Waals surface area contributed by atoms with Crippen molar-refractivity contribution in [3.63, 3.8) is 0 Å². The van der Waals surface area contributed by atoms with Crippen LogP contribution in [0.3, 0.4) is 0 Å². The molecule has 0 saturated carbocycles. The van der Waals surface area contributed by atoms with Crippen LogP contribution in [0.15, 0.2) is 29.6 Å². The molecule has 2 rings (SSSR count). The van der Waals surface area contributed by atoms with Gasteiger partial charge in [-0.1, -0.05) is 12.1 Å². The van der Waals surface area contributed by atoms with Gasteiger partial charge in [-0.3, -0.25) is 4.72 Å². The second kappa shape index (κ2) is 4.44. The van der Waals surface area contributed by atoms with E-state index < -0.39 is 10.2 Å². The highest BCUT2D eigenvalue weighted by Crippen LogP contribution is 2.24. The number of nitrogens with zero attached hydrogens (tertiary/aromatic N) is 1. The lowest BCUT2D eigenvalue weighted by molar-refractivity contribution is 0.603. The number of nitrogens with two attached hydrogens (primary N) is 1. The summed E-state index contributed by atoms with van der Waals surface area (Å²) in [5.41, 5.74) is 2.10. The first kappa shape index (κ1) is 12.0. The molecule has 90 valence electrons. The monoisotopic (exact) mass is 269 g/mol. The minimum absolute atomic E-state index is 0.427. The Morgan fingerprint density at radius 1 is 1.41 bits per heavy atom. The normalized spacial score (nSPS) is 11.4. The van der Waals surface area contributed by atoms with Crippen LogP contribution in [0.2, 0.25) is 0 Å². The predicted octanol–water partition coefficient (Wildman–Crippen LogP) is 1.73. The van der Waals surface area contributed by atoms with Crippen LogP contribution in [0.1, 0.15) is 5.01 Å². The molecule has 3 N–H and O–H groups in total. The van der Waals surface area contributed by atoms with E-state index >= 15 is 0 Å². The number of anilines is 1. The van der Waals surface area contributed by atoms with E-state index in [0.717, 1.165) is 16.3 Å². The largest absolute Gasteiger partial charge is 0.296 e. The van der Waals surface area contributed by atoms with E-state index in [4.69, 9.17) is 5.14 Å². The molecular formula is C10H11N3O2S2. The van der Waals surface area contributed by atoms with Crippen LogP contribution >= 0.6 is 11.3 Å². The topological polar surface area (TPSA) is 85.1 Å². The van der Waals surface area contributed by atoms with Crippen molar-refractivity contribution in [3.8, 4) is 11.3 Å². The fourth-order valence-electron chi connectivity index (χ4n) is 1.40. The quantitative estimate of drug-likeness (QED) is 0.890. The zero-order valence-electron chi connectivity index (χ0n) is 9.04. The number of hydrogen-bond acceptors (Lipinski definition) is 4. The standard InChI is InChI=1S/C10H11N3O2S2/c1-7-12-10(6-16-7)8-3-2-4-9(5-8)13-17(11,14)15/h2-6,13H,1H3,(H2,11,14,15). The molecule has 1 aromatic carbocycles. The van der Waals surface area contributed by atoms with Crippen molar-refractivity contribution >= 4 is 27.2 Å². The average molecular weight is 269 g/mol. The molecule has 2 aromatic rings. The van der Waals surface area contributed by atoms with Crippen molar-refractivity contribution in [3.05, 3.63) is 34.7 Å². The fourth-order valence-corrected chi connectivity index (χ4v) is 2.48. The molecule has 0 aliphatic rings. The van der Waals surface area contributed by atoms with E-state index in [0.29, 0.717) is 5.69 Å². The predicted molar refractivity (Wildman–Crippen MR) is 69.0 cm³/mol. The van der Waals surface area contributed by atoms with Crippen molar-refractivity contribution in [2.45, 2.75) is 6.92 Å². The molecule has 1 aromatic heterocycles. The summed E-state index contributed by atoms with van der Waals surface area (Å²) in [6.07, 6.45) is 0. The molecular weight excluding hydrogens is 258 g/mol. The number of hydrogen-bond donors (Lipinski definition) is 2. The van der Waals surface area contributed by atoms with Crippen LogP contribution in [0.5, 0.6) is 0 Å². The summed E-state index contributed by atoms with van der Waals surface area (Å²) in [5.74, 6) is 0. The lowest BCUT2D eigenvalue weighted by Gasteiger charge is -2.04. The number of benzene rings is 1. The minimum Gasteiger partial charge on any atom is -0.271 e. The van der Waals surface area contributed by atoms with Crippen molar-refractivity contribution in [2.75, 3.05) is 4.72 Å². The Morgan fingerprint density at radius 2 is 2.18 bits per heavy atom. The van der Waals surface area contributed by atoms with Gasteiger partial charge in [0.2, 0.25) is 0 Å². The molecule has 0 aliphatic carbocycles. The van der Waals surface area contributed by atoms with Gasteiger partial charge in [-0.25, -0.2) is 10.1 Å². The van der Waals surface area contributed by atoms with E-state index in [2.05, 4.69) is 9.71 Å². The molecule has 0 radical (unpaired) electrons. The van der Waals surface area contributed by atoms with Crippen LogP contribution in [0.25, 0.3) is 11.3 Å². The Kier molecular flexibility index (Phi) is 3.14. The van der Waals surface area contributed by atoms with Crippen molar-refractivity contribution in [1.82, 2.24) is 4.98 Å². The molecule has 0 aliphatic heterocycles. The molecule has 0 saturated heterocycles. The highest BCUT2D eigenvalue weighted by molar-refractivity contribution is 7.90. The third kappa shape index (κ3) is 3.26. The third-order valence-corrected chi connectivity index (χ3v) is 3.33. The molecule has 17 heavy (non-hydrogen) atoms. The first-order valence-electron chi connectivity index (χ1n) is 4.77. The molecule has 0 spiro atoms. The minimum atomic E-state index is -3.74. The van der Waals surface area contributed by atoms with Gasteiger partial charge in [0.15, 0.2) is 0 Å². The van der Waals surface area contributed by atoms with Gasteiger partial charge in [-0.05, 0) is 19.1 Å². The number of aryl methyl sites for hydroxylation is 1. The van der Waals surface area contributed by atoms with E-state index in [-0.39, 0.29) is 0 Å². The second-order valence-electron chi connectivity index (χ2n) is 3.48. The Morgan fingerprint density at radius 3 is 2.76 bits per heavy atom. The van der Waals surface area contributed by atoms with Gasteiger partial charge in [-0.2, -0.15) is 8.42 Å². The third-order valence-electron chi connectivity index (χ3n) is 2.04. The summed E-state index contributed by atoms with van der Waals surface area (Å²) in [5, 5.41) is 7.79. The number of rotatable bonds is 3. The van der Waals surface area contributed by atoms with Crippen molar-refractivity contribution < 1.29 is 8.42 Å². The smallest absolute Gasteiger partial charge is 0.271 e. The Labute approximate surface area is 103 Å². The van der Waals surface area contributed by atoms with Gasteiger partial charge >= 0.3 is 0 Å². The number of thiazole rings is 1. The molecule has 0 unspecified atom stereocenters. The first-order valence-corrected chi connectivity index (χ1v) is 7.20. The second-order valence-corrected chi connectivity index (χ2v) is 5.84. The van der Waals surface area contributed by atoms with Gasteiger partial charge in [0.25, 0.3) is 10.2 Å². The molecule has 0 fully saturated rings. The maximum absolute atomic E-state index is 10.9. The zero-order valence-corrected chi connectivity index (χ0v) is 10.7. The van der Waals surface area contributed by atoms with E-state index in [1.54, 1.807) is 29.5 Å². The summed E-state index contributed by atoms with van der Waals surface area (Å²) in [6.45, 7) is 1.92. The maximum Gasteiger partial charge on any atom is 0.296 e. The van der Waals surface area contributed by atoms with Gasteiger partial charge in [0, 0.05) is 10.9 Å². The molecule has 0 bridgehead atoms. The molecule has 5 nitrogen and oxygen atoms in total. The fraction of sp³-hybridized carbons (Fsp3) is 0.100. The first-order chi connectivity index (χ1) is 7.94. The van der Waals surface area contributed by atoms with E-state index in [1.807, 2.05) is 18.4 Å². The highest BCUT2D eigenvalue weighted by Gasteiger charge is 2.05. The SMILES string of the molecule is Cc1nc(-c2cccc(NS(N)(=O)=O)c2)cs1. The molecule has 7 heteroatoms. The maximum atomic E-state index is 10.9. The van der Waals surface area contributed by atoms with E-state index in [1.165, 1.54) is 0 Å². The van der Waals surface area contributed by atoms with Crippen molar-refractivity contribution in [1.29, 1.82) is 0 Å². The van der Waals surface area contributed by atoms with Crippen LogP contribution in [0.4, 0.5) is 5.69 Å². The summed E-state index contributed by atoms with van der Waals surface area (Å²) in [4.78, 5) is 4.33. The van der Waals surface area contributed by atoms with Crippen LogP contribution in [0, 0.1) is 6.92 Å². The number of aromatic nitrogens is 1. The number of nitrogens with one attached hydrogen (secondary N) is 1. The van der Waals surface area contributed by atoms with Gasteiger partial charge in [0.05, 0.1) is 16.4 Å². The molecule has 0 amide bonds. The van der Waals surface area contributed by atoms with E-state index in [9.17, 15) is 8.42 Å². The summed E-state index contributed by atoms with van der Waals surface area (Å²) < 4.78 is 24.0. The summed E-state index contributed by atoms with van der Waals surface area (Å²) in [6, 6.07) is 6.94. The zero-order chi connectivity index (χ0) is 12.5. The Hall–Kier alpha value is -1.44. The molecule has 0 atom stereocenters. The highest BCUT2D eigenvalue weighted by atomic mass is 32.2. The Balaban J connectivity index is 2.35.